The molecule has 1 unspecified atom stereocenters. The lowest BCUT2D eigenvalue weighted by atomic mass is 9.89. The summed E-state index contributed by atoms with van der Waals surface area (Å²) >= 11 is 0. The molecule has 0 fully saturated rings. The molecule has 0 saturated heterocycles. The molecule has 0 amide bonds. The molecule has 1 aliphatic rings. The van der Waals surface area contributed by atoms with Gasteiger partial charge in [0.1, 0.15) is 0 Å². The molecule has 3 nitrogen and oxygen atoms in total. The number of rotatable bonds is 6. The minimum absolute atomic E-state index is 0.250. The molecule has 0 aliphatic heterocycles. The largest absolute Gasteiger partial charge is 0.463 e. The Morgan fingerprint density at radius 1 is 1.29 bits per heavy atom. The summed E-state index contributed by atoms with van der Waals surface area (Å²) in [6.07, 6.45) is 8.39. The average Bonchev–Trinajstić information content (AvgIpc) is 2.53. The predicted molar refractivity (Wildman–Crippen MR) is 83.6 cm³/mol. The molecule has 1 aromatic carbocycles. The van der Waals surface area contributed by atoms with Crippen LogP contribution in [0.5, 0.6) is 0 Å². The van der Waals surface area contributed by atoms with E-state index < -0.39 is 11.6 Å². The number of allylic oxidation sites excluding steroid dienone is 2. The fourth-order valence-corrected chi connectivity index (χ4v) is 2.27. The summed E-state index contributed by atoms with van der Waals surface area (Å²) < 4.78 is 5.16. The minimum atomic E-state index is -1.52. The zero-order valence-corrected chi connectivity index (χ0v) is 12.4. The van der Waals surface area contributed by atoms with Crippen molar-refractivity contribution in [3.63, 3.8) is 0 Å². The standard InChI is InChI=1S/C18H22O3/c1-2-3-7-14-21-17(19)18(20)12-10-16(11-13-18)15-8-5-4-6-9-15/h4-6,8-12,20H,2-3,7,13-14H2,1H3. The van der Waals surface area contributed by atoms with Crippen molar-refractivity contribution in [2.75, 3.05) is 6.61 Å². The van der Waals surface area contributed by atoms with E-state index in [0.717, 1.165) is 30.4 Å². The van der Waals surface area contributed by atoms with Gasteiger partial charge in [-0.15, -0.1) is 0 Å². The van der Waals surface area contributed by atoms with Crippen molar-refractivity contribution in [1.29, 1.82) is 0 Å². The second-order valence-corrected chi connectivity index (χ2v) is 5.33. The number of hydrogen-bond donors (Lipinski definition) is 1. The molecule has 1 aromatic rings. The lowest BCUT2D eigenvalue weighted by Crippen LogP contribution is -2.38. The number of carbonyl (C=O) groups excluding carboxylic acids is 1. The SMILES string of the molecule is CCCCCOC(=O)C1(O)C=CC(c2ccccc2)=CC1. The Labute approximate surface area is 125 Å². The minimum Gasteiger partial charge on any atom is -0.463 e. The second kappa shape index (κ2) is 7.23. The van der Waals surface area contributed by atoms with Gasteiger partial charge in [0, 0.05) is 6.42 Å². The molecule has 0 spiro atoms. The zero-order valence-electron chi connectivity index (χ0n) is 12.4. The van der Waals surface area contributed by atoms with Crippen molar-refractivity contribution < 1.29 is 14.6 Å². The highest BCUT2D eigenvalue weighted by Crippen LogP contribution is 2.27. The van der Waals surface area contributed by atoms with Gasteiger partial charge in [-0.1, -0.05) is 62.2 Å². The van der Waals surface area contributed by atoms with Crippen LogP contribution in [0.15, 0.2) is 48.6 Å². The van der Waals surface area contributed by atoms with Crippen LogP contribution >= 0.6 is 0 Å². The Kier molecular flexibility index (Phi) is 5.34. The van der Waals surface area contributed by atoms with Crippen molar-refractivity contribution in [3.05, 3.63) is 54.1 Å². The van der Waals surface area contributed by atoms with Crippen molar-refractivity contribution in [2.24, 2.45) is 0 Å². The number of unbranched alkanes of at least 4 members (excludes halogenated alkanes) is 2. The highest BCUT2D eigenvalue weighted by Gasteiger charge is 2.35. The average molecular weight is 286 g/mol. The predicted octanol–water partition coefficient (Wildman–Crippen LogP) is 3.49. The number of esters is 1. The summed E-state index contributed by atoms with van der Waals surface area (Å²) in [5.74, 6) is -0.557. The smallest absolute Gasteiger partial charge is 0.342 e. The molecule has 0 radical (unpaired) electrons. The van der Waals surface area contributed by atoms with E-state index in [9.17, 15) is 9.90 Å². The number of benzene rings is 1. The molecule has 0 heterocycles. The van der Waals surface area contributed by atoms with Crippen LogP contribution < -0.4 is 0 Å². The Balaban J connectivity index is 1.94. The maximum absolute atomic E-state index is 12.0. The maximum Gasteiger partial charge on any atom is 0.342 e. The molecule has 1 aliphatic carbocycles. The van der Waals surface area contributed by atoms with Crippen molar-refractivity contribution in [3.8, 4) is 0 Å². The lowest BCUT2D eigenvalue weighted by Gasteiger charge is -2.24. The van der Waals surface area contributed by atoms with Gasteiger partial charge in [-0.2, -0.15) is 0 Å². The van der Waals surface area contributed by atoms with E-state index in [4.69, 9.17) is 4.74 Å². The fraction of sp³-hybridized carbons (Fsp3) is 0.389. The second-order valence-electron chi connectivity index (χ2n) is 5.33. The topological polar surface area (TPSA) is 46.5 Å². The monoisotopic (exact) mass is 286 g/mol. The van der Waals surface area contributed by atoms with E-state index in [2.05, 4.69) is 6.92 Å². The molecule has 0 bridgehead atoms. The van der Waals surface area contributed by atoms with Gasteiger partial charge in [0.25, 0.3) is 0 Å². The molecule has 1 N–H and O–H groups in total. The number of aliphatic hydroxyl groups is 1. The quantitative estimate of drug-likeness (QED) is 0.643. The molecule has 112 valence electrons. The molecular formula is C18H22O3. The highest BCUT2D eigenvalue weighted by molar-refractivity contribution is 5.86. The molecular weight excluding hydrogens is 264 g/mol. The van der Waals surface area contributed by atoms with Crippen LogP contribution in [0.2, 0.25) is 0 Å². The summed E-state index contributed by atoms with van der Waals surface area (Å²) in [5.41, 5.74) is 0.566. The van der Waals surface area contributed by atoms with Gasteiger partial charge < -0.3 is 9.84 Å². The summed E-state index contributed by atoms with van der Waals surface area (Å²) in [6.45, 7) is 2.47. The third-order valence-corrected chi connectivity index (χ3v) is 3.61. The van der Waals surface area contributed by atoms with Gasteiger partial charge in [0.05, 0.1) is 6.61 Å². The summed E-state index contributed by atoms with van der Waals surface area (Å²) in [5, 5.41) is 10.4. The first-order valence-corrected chi connectivity index (χ1v) is 7.50. The maximum atomic E-state index is 12.0. The third-order valence-electron chi connectivity index (χ3n) is 3.61. The van der Waals surface area contributed by atoms with Crippen LogP contribution in [0.25, 0.3) is 5.57 Å². The Morgan fingerprint density at radius 2 is 2.05 bits per heavy atom. The Bertz CT molecular complexity index is 531. The van der Waals surface area contributed by atoms with Gasteiger partial charge in [0.15, 0.2) is 5.60 Å². The number of ether oxygens (including phenoxy) is 1. The van der Waals surface area contributed by atoms with Crippen LogP contribution in [0.3, 0.4) is 0 Å². The molecule has 1 atom stereocenters. The van der Waals surface area contributed by atoms with Crippen molar-refractivity contribution in [1.82, 2.24) is 0 Å². The van der Waals surface area contributed by atoms with Crippen LogP contribution in [0.4, 0.5) is 0 Å². The van der Waals surface area contributed by atoms with E-state index in [-0.39, 0.29) is 6.42 Å². The Morgan fingerprint density at radius 3 is 2.67 bits per heavy atom. The summed E-state index contributed by atoms with van der Waals surface area (Å²) in [6, 6.07) is 9.90. The van der Waals surface area contributed by atoms with Gasteiger partial charge >= 0.3 is 5.97 Å². The van der Waals surface area contributed by atoms with Crippen molar-refractivity contribution >= 4 is 11.5 Å². The van der Waals surface area contributed by atoms with E-state index in [1.807, 2.05) is 36.4 Å². The van der Waals surface area contributed by atoms with E-state index >= 15 is 0 Å². The van der Waals surface area contributed by atoms with E-state index in [0.29, 0.717) is 6.61 Å². The first-order chi connectivity index (χ1) is 10.2. The third kappa shape index (κ3) is 4.05. The van der Waals surface area contributed by atoms with Crippen LogP contribution in [-0.4, -0.2) is 23.3 Å². The summed E-state index contributed by atoms with van der Waals surface area (Å²) in [4.78, 5) is 12.0. The molecule has 2 rings (SSSR count). The molecule has 0 saturated carbocycles. The van der Waals surface area contributed by atoms with Gasteiger partial charge in [-0.05, 0) is 23.6 Å². The highest BCUT2D eigenvalue weighted by atomic mass is 16.5. The normalized spacial score (nSPS) is 21.0. The first-order valence-electron chi connectivity index (χ1n) is 7.50. The van der Waals surface area contributed by atoms with Crippen LogP contribution in [0, 0.1) is 0 Å². The molecule has 21 heavy (non-hydrogen) atoms. The Hall–Kier alpha value is -1.87. The van der Waals surface area contributed by atoms with Gasteiger partial charge in [0.2, 0.25) is 0 Å². The van der Waals surface area contributed by atoms with Crippen LogP contribution in [0.1, 0.15) is 38.2 Å². The molecule has 3 heteroatoms. The van der Waals surface area contributed by atoms with Crippen LogP contribution in [-0.2, 0) is 9.53 Å². The summed E-state index contributed by atoms with van der Waals surface area (Å²) in [7, 11) is 0. The first kappa shape index (κ1) is 15.5. The fourth-order valence-electron chi connectivity index (χ4n) is 2.27. The zero-order chi connectivity index (χ0) is 15.1. The van der Waals surface area contributed by atoms with Gasteiger partial charge in [-0.25, -0.2) is 4.79 Å². The van der Waals surface area contributed by atoms with E-state index in [1.165, 1.54) is 6.08 Å². The van der Waals surface area contributed by atoms with Gasteiger partial charge in [-0.3, -0.25) is 0 Å². The van der Waals surface area contributed by atoms with E-state index in [1.54, 1.807) is 6.08 Å². The lowest BCUT2D eigenvalue weighted by molar-refractivity contribution is -0.160. The van der Waals surface area contributed by atoms with Crippen molar-refractivity contribution in [2.45, 2.75) is 38.2 Å². The molecule has 0 aromatic heterocycles. The number of carbonyl (C=O) groups is 1. The number of hydrogen-bond acceptors (Lipinski definition) is 3.